The number of aryl methyl sites for hydroxylation is 1. The van der Waals surface area contributed by atoms with E-state index in [4.69, 9.17) is 4.74 Å². The number of nitrogens with one attached hydrogen (secondary N) is 1. The van der Waals surface area contributed by atoms with Crippen molar-refractivity contribution in [2.75, 3.05) is 6.61 Å². The van der Waals surface area contributed by atoms with Gasteiger partial charge in [0.25, 0.3) is 5.91 Å². The van der Waals surface area contributed by atoms with E-state index in [1.165, 1.54) is 11.3 Å². The quantitative estimate of drug-likeness (QED) is 0.778. The van der Waals surface area contributed by atoms with Gasteiger partial charge in [-0.15, -0.1) is 11.3 Å². The Morgan fingerprint density at radius 2 is 2.00 bits per heavy atom. The molecule has 1 atom stereocenters. The normalized spacial score (nSPS) is 11.8. The number of nitrogens with zero attached hydrogens (tertiary/aromatic N) is 1. The first-order valence-electron chi connectivity index (χ1n) is 8.00. The van der Waals surface area contributed by atoms with Crippen LogP contribution in [0.5, 0.6) is 0 Å². The summed E-state index contributed by atoms with van der Waals surface area (Å²) in [5.41, 5.74) is 1.46. The number of benzene rings is 1. The fraction of sp³-hybridized carbons (Fsp3) is 0.389. The molecular weight excluding hydrogens is 324 g/mol. The average Bonchev–Trinajstić information content (AvgIpc) is 2.95. The van der Waals surface area contributed by atoms with E-state index in [9.17, 15) is 9.59 Å². The smallest absolute Gasteiger partial charge is 0.351 e. The van der Waals surface area contributed by atoms with Gasteiger partial charge in [-0.3, -0.25) is 4.79 Å². The lowest BCUT2D eigenvalue weighted by molar-refractivity contribution is -0.124. The third-order valence-corrected chi connectivity index (χ3v) is 4.38. The van der Waals surface area contributed by atoms with Gasteiger partial charge in [0.2, 0.25) is 0 Å². The molecule has 0 aliphatic heterocycles. The highest BCUT2D eigenvalue weighted by Crippen LogP contribution is 2.28. The van der Waals surface area contributed by atoms with Gasteiger partial charge in [-0.05, 0) is 20.3 Å². The lowest BCUT2D eigenvalue weighted by Crippen LogP contribution is -2.35. The summed E-state index contributed by atoms with van der Waals surface area (Å²) in [5, 5.41) is 3.59. The molecule has 0 saturated carbocycles. The number of aromatic nitrogens is 1. The Kier molecular flexibility index (Phi) is 6.49. The molecule has 128 valence electrons. The van der Waals surface area contributed by atoms with Crippen molar-refractivity contribution in [2.24, 2.45) is 0 Å². The number of carbonyl (C=O) groups is 2. The summed E-state index contributed by atoms with van der Waals surface area (Å²) in [6.07, 6.45) is 1.88. The first kappa shape index (κ1) is 18.1. The van der Waals surface area contributed by atoms with Crippen LogP contribution in [0.3, 0.4) is 0 Å². The Hall–Kier alpha value is -2.21. The van der Waals surface area contributed by atoms with Crippen molar-refractivity contribution >= 4 is 23.2 Å². The lowest BCUT2D eigenvalue weighted by atomic mass is 10.1. The minimum absolute atomic E-state index is 0.0757. The molecular formula is C18H22N2O3S. The number of esters is 1. The van der Waals surface area contributed by atoms with Crippen molar-refractivity contribution in [1.29, 1.82) is 0 Å². The Morgan fingerprint density at radius 1 is 1.29 bits per heavy atom. The average molecular weight is 346 g/mol. The molecule has 2 aromatic rings. The minimum Gasteiger partial charge on any atom is -0.451 e. The zero-order valence-electron chi connectivity index (χ0n) is 14.2. The van der Waals surface area contributed by atoms with Crippen molar-refractivity contribution in [3.05, 3.63) is 40.2 Å². The predicted octanol–water partition coefficient (Wildman–Crippen LogP) is 3.58. The van der Waals surface area contributed by atoms with E-state index in [1.807, 2.05) is 44.2 Å². The van der Waals surface area contributed by atoms with Crippen LogP contribution in [0.25, 0.3) is 11.3 Å². The number of thiazole rings is 1. The molecule has 2 rings (SSSR count). The van der Waals surface area contributed by atoms with Crippen molar-refractivity contribution in [2.45, 2.75) is 39.7 Å². The van der Waals surface area contributed by atoms with E-state index in [2.05, 4.69) is 17.2 Å². The van der Waals surface area contributed by atoms with E-state index in [0.29, 0.717) is 10.6 Å². The standard InChI is InChI=1S/C18H22N2O3S/c1-4-8-12(2)19-15(21)11-23-18(22)17-16(20-13(3)24-17)14-9-6-5-7-10-14/h5-7,9-10,12H,4,8,11H2,1-3H3,(H,19,21)/t12-/m0/s1. The molecule has 0 aliphatic rings. The number of rotatable bonds is 7. The van der Waals surface area contributed by atoms with Crippen molar-refractivity contribution in [3.8, 4) is 11.3 Å². The first-order chi connectivity index (χ1) is 11.5. The Balaban J connectivity index is 2.02. The fourth-order valence-corrected chi connectivity index (χ4v) is 3.21. The van der Waals surface area contributed by atoms with E-state index in [1.54, 1.807) is 0 Å². The highest BCUT2D eigenvalue weighted by Gasteiger charge is 2.20. The summed E-state index contributed by atoms with van der Waals surface area (Å²) in [5.74, 6) is -0.801. The van der Waals surface area contributed by atoms with Gasteiger partial charge in [-0.1, -0.05) is 43.7 Å². The summed E-state index contributed by atoms with van der Waals surface area (Å²) in [7, 11) is 0. The Labute approximate surface area is 146 Å². The molecule has 5 nitrogen and oxygen atoms in total. The number of hydrogen-bond donors (Lipinski definition) is 1. The van der Waals surface area contributed by atoms with Crippen LogP contribution in [0.2, 0.25) is 0 Å². The minimum atomic E-state index is -0.516. The number of carbonyl (C=O) groups excluding carboxylic acids is 2. The summed E-state index contributed by atoms with van der Waals surface area (Å²) >= 11 is 1.27. The van der Waals surface area contributed by atoms with E-state index >= 15 is 0 Å². The molecule has 1 N–H and O–H groups in total. The summed E-state index contributed by atoms with van der Waals surface area (Å²) < 4.78 is 5.16. The van der Waals surface area contributed by atoms with Gasteiger partial charge in [0.1, 0.15) is 4.88 Å². The third kappa shape index (κ3) is 4.89. The molecule has 1 aromatic heterocycles. The zero-order valence-corrected chi connectivity index (χ0v) is 15.0. The van der Waals surface area contributed by atoms with Gasteiger partial charge in [-0.2, -0.15) is 0 Å². The Morgan fingerprint density at radius 3 is 2.67 bits per heavy atom. The maximum Gasteiger partial charge on any atom is 0.351 e. The largest absolute Gasteiger partial charge is 0.451 e. The molecule has 1 heterocycles. The lowest BCUT2D eigenvalue weighted by Gasteiger charge is -2.12. The van der Waals surface area contributed by atoms with Gasteiger partial charge >= 0.3 is 5.97 Å². The molecule has 1 amide bonds. The zero-order chi connectivity index (χ0) is 17.5. The molecule has 0 fully saturated rings. The van der Waals surface area contributed by atoms with Gasteiger partial charge < -0.3 is 10.1 Å². The molecule has 0 unspecified atom stereocenters. The van der Waals surface area contributed by atoms with Crippen LogP contribution in [0.15, 0.2) is 30.3 Å². The fourth-order valence-electron chi connectivity index (χ4n) is 2.38. The molecule has 0 spiro atoms. The highest BCUT2D eigenvalue weighted by molar-refractivity contribution is 7.14. The first-order valence-corrected chi connectivity index (χ1v) is 8.82. The highest BCUT2D eigenvalue weighted by atomic mass is 32.1. The molecule has 0 radical (unpaired) electrons. The van der Waals surface area contributed by atoms with Crippen molar-refractivity contribution in [3.63, 3.8) is 0 Å². The van der Waals surface area contributed by atoms with Gasteiger partial charge in [0.15, 0.2) is 6.61 Å². The van der Waals surface area contributed by atoms with Gasteiger partial charge in [0.05, 0.1) is 10.7 Å². The van der Waals surface area contributed by atoms with Crippen LogP contribution < -0.4 is 5.32 Å². The second-order valence-electron chi connectivity index (χ2n) is 5.61. The second-order valence-corrected chi connectivity index (χ2v) is 6.81. The monoisotopic (exact) mass is 346 g/mol. The van der Waals surface area contributed by atoms with Gasteiger partial charge in [0, 0.05) is 11.6 Å². The van der Waals surface area contributed by atoms with E-state index in [0.717, 1.165) is 23.4 Å². The van der Waals surface area contributed by atoms with Gasteiger partial charge in [-0.25, -0.2) is 9.78 Å². The summed E-state index contributed by atoms with van der Waals surface area (Å²) in [4.78, 5) is 29.0. The third-order valence-electron chi connectivity index (χ3n) is 3.43. The van der Waals surface area contributed by atoms with Crippen LogP contribution in [0.1, 0.15) is 41.4 Å². The van der Waals surface area contributed by atoms with Crippen molar-refractivity contribution < 1.29 is 14.3 Å². The van der Waals surface area contributed by atoms with Crippen LogP contribution >= 0.6 is 11.3 Å². The van der Waals surface area contributed by atoms with Crippen LogP contribution in [-0.4, -0.2) is 29.5 Å². The topological polar surface area (TPSA) is 68.3 Å². The molecule has 1 aromatic carbocycles. The van der Waals surface area contributed by atoms with Crippen LogP contribution in [0.4, 0.5) is 0 Å². The SMILES string of the molecule is CCC[C@H](C)NC(=O)COC(=O)c1sc(C)nc1-c1ccccc1. The van der Waals surface area contributed by atoms with Crippen LogP contribution in [0, 0.1) is 6.92 Å². The van der Waals surface area contributed by atoms with E-state index in [-0.39, 0.29) is 18.6 Å². The number of ether oxygens (including phenoxy) is 1. The maximum atomic E-state index is 12.3. The molecule has 0 bridgehead atoms. The van der Waals surface area contributed by atoms with E-state index < -0.39 is 5.97 Å². The van der Waals surface area contributed by atoms with Crippen molar-refractivity contribution in [1.82, 2.24) is 10.3 Å². The summed E-state index contributed by atoms with van der Waals surface area (Å²) in [6.45, 7) is 5.55. The number of hydrogen-bond acceptors (Lipinski definition) is 5. The number of amides is 1. The maximum absolute atomic E-state index is 12.3. The Bertz CT molecular complexity index is 698. The molecule has 24 heavy (non-hydrogen) atoms. The van der Waals surface area contributed by atoms with Crippen LogP contribution in [-0.2, 0) is 9.53 Å². The second kappa shape index (κ2) is 8.59. The molecule has 0 aliphatic carbocycles. The molecule has 0 saturated heterocycles. The predicted molar refractivity (Wildman–Crippen MR) is 95.1 cm³/mol. The molecule has 6 heteroatoms. The summed E-state index contributed by atoms with van der Waals surface area (Å²) in [6, 6.07) is 9.55.